The molecule has 0 bridgehead atoms. The molecule has 5 heteroatoms. The summed E-state index contributed by atoms with van der Waals surface area (Å²) in [6.07, 6.45) is 0. The molecule has 2 heterocycles. The van der Waals surface area contributed by atoms with Crippen LogP contribution in [0.3, 0.4) is 0 Å². The number of hydrogen-bond donors (Lipinski definition) is 1. The van der Waals surface area contributed by atoms with Crippen LogP contribution >= 0.6 is 11.8 Å². The zero-order valence-corrected chi connectivity index (χ0v) is 11.5. The van der Waals surface area contributed by atoms with Gasteiger partial charge in [0.15, 0.2) is 5.82 Å². The number of benzene rings is 1. The van der Waals surface area contributed by atoms with Gasteiger partial charge >= 0.3 is 0 Å². The van der Waals surface area contributed by atoms with Gasteiger partial charge in [0.05, 0.1) is 6.04 Å². The summed E-state index contributed by atoms with van der Waals surface area (Å²) in [4.78, 5) is 0. The molecule has 2 aromatic rings. The van der Waals surface area contributed by atoms with E-state index in [1.165, 1.54) is 5.56 Å². The molecule has 2 unspecified atom stereocenters. The van der Waals surface area contributed by atoms with Gasteiger partial charge in [-0.25, -0.2) is 4.68 Å². The van der Waals surface area contributed by atoms with Crippen molar-refractivity contribution in [1.29, 1.82) is 0 Å². The second kappa shape index (κ2) is 4.31. The molecule has 0 saturated heterocycles. The van der Waals surface area contributed by atoms with Crippen molar-refractivity contribution >= 4 is 11.8 Å². The minimum atomic E-state index is 0.405. The molecule has 0 spiro atoms. The number of nitrogens with zero attached hydrogens (tertiary/aromatic N) is 3. The van der Waals surface area contributed by atoms with Gasteiger partial charge in [-0.15, -0.1) is 10.2 Å². The van der Waals surface area contributed by atoms with E-state index >= 15 is 0 Å². The lowest BCUT2D eigenvalue weighted by atomic mass is 10.1. The summed E-state index contributed by atoms with van der Waals surface area (Å²) in [5.74, 6) is 0.885. The molecule has 1 aliphatic rings. The molecule has 0 amide bonds. The third-order valence-electron chi connectivity index (χ3n) is 3.27. The molecule has 1 N–H and O–H groups in total. The Bertz CT molecular complexity index is 561. The highest BCUT2D eigenvalue weighted by atomic mass is 32.2. The summed E-state index contributed by atoms with van der Waals surface area (Å²) >= 11 is 1.77. The largest absolute Gasteiger partial charge is 0.318 e. The van der Waals surface area contributed by atoms with E-state index in [-0.39, 0.29) is 0 Å². The van der Waals surface area contributed by atoms with Gasteiger partial charge in [0.1, 0.15) is 0 Å². The number of aromatic nitrogens is 3. The SMILES string of the molecule is Cc1ccc(-c2nnc3n2NC(C)C(C)S3)cc1. The first-order valence-corrected chi connectivity index (χ1v) is 6.99. The molecule has 18 heavy (non-hydrogen) atoms. The van der Waals surface area contributed by atoms with Crippen molar-refractivity contribution in [3.8, 4) is 11.4 Å². The standard InChI is InChI=1S/C13H16N4S/c1-8-4-6-11(7-5-8)12-14-15-13-17(12)16-9(2)10(3)18-13/h4-7,9-10,16H,1-3H3. The van der Waals surface area contributed by atoms with Crippen molar-refractivity contribution in [3.63, 3.8) is 0 Å². The van der Waals surface area contributed by atoms with Crippen LogP contribution in [0.1, 0.15) is 19.4 Å². The quantitative estimate of drug-likeness (QED) is 0.856. The van der Waals surface area contributed by atoms with Gasteiger partial charge < -0.3 is 5.43 Å². The Kier molecular flexibility index (Phi) is 2.78. The zero-order chi connectivity index (χ0) is 12.7. The maximum atomic E-state index is 4.30. The molecule has 1 aliphatic heterocycles. The molecular weight excluding hydrogens is 244 g/mol. The van der Waals surface area contributed by atoms with E-state index in [9.17, 15) is 0 Å². The van der Waals surface area contributed by atoms with Crippen LogP contribution in [0.25, 0.3) is 11.4 Å². The van der Waals surface area contributed by atoms with Gasteiger partial charge in [-0.3, -0.25) is 0 Å². The predicted octanol–water partition coefficient (Wildman–Crippen LogP) is 2.68. The Labute approximate surface area is 111 Å². The van der Waals surface area contributed by atoms with E-state index in [4.69, 9.17) is 0 Å². The van der Waals surface area contributed by atoms with Crippen molar-refractivity contribution in [2.75, 3.05) is 5.43 Å². The number of thioether (sulfide) groups is 1. The average Bonchev–Trinajstić information content (AvgIpc) is 2.74. The molecule has 0 aliphatic carbocycles. The maximum Gasteiger partial charge on any atom is 0.210 e. The normalized spacial score (nSPS) is 22.4. The highest BCUT2D eigenvalue weighted by Gasteiger charge is 2.26. The summed E-state index contributed by atoms with van der Waals surface area (Å²) in [7, 11) is 0. The Morgan fingerprint density at radius 3 is 2.61 bits per heavy atom. The van der Waals surface area contributed by atoms with Crippen LogP contribution in [0.5, 0.6) is 0 Å². The summed E-state index contributed by atoms with van der Waals surface area (Å²) < 4.78 is 2.00. The van der Waals surface area contributed by atoms with E-state index in [0.29, 0.717) is 11.3 Å². The summed E-state index contributed by atoms with van der Waals surface area (Å²) in [6.45, 7) is 6.46. The van der Waals surface area contributed by atoms with Crippen molar-refractivity contribution in [2.24, 2.45) is 0 Å². The molecular formula is C13H16N4S. The minimum absolute atomic E-state index is 0.405. The fourth-order valence-electron chi connectivity index (χ4n) is 1.93. The van der Waals surface area contributed by atoms with Crippen LogP contribution < -0.4 is 5.43 Å². The van der Waals surface area contributed by atoms with Gasteiger partial charge in [0.25, 0.3) is 0 Å². The average molecular weight is 260 g/mol. The minimum Gasteiger partial charge on any atom is -0.318 e. The van der Waals surface area contributed by atoms with Crippen LogP contribution in [0.15, 0.2) is 29.4 Å². The molecule has 94 valence electrons. The predicted molar refractivity (Wildman–Crippen MR) is 74.3 cm³/mol. The summed E-state index contributed by atoms with van der Waals surface area (Å²) in [5.41, 5.74) is 5.79. The third kappa shape index (κ3) is 1.88. The first-order valence-electron chi connectivity index (χ1n) is 6.11. The molecule has 1 aromatic carbocycles. The van der Waals surface area contributed by atoms with E-state index in [0.717, 1.165) is 16.5 Å². The van der Waals surface area contributed by atoms with Gasteiger partial charge in [0, 0.05) is 10.8 Å². The van der Waals surface area contributed by atoms with Crippen LogP contribution in [-0.2, 0) is 0 Å². The Hall–Kier alpha value is -1.49. The van der Waals surface area contributed by atoms with E-state index in [1.807, 2.05) is 4.68 Å². The number of rotatable bonds is 1. The molecule has 0 radical (unpaired) electrons. The third-order valence-corrected chi connectivity index (χ3v) is 4.53. The van der Waals surface area contributed by atoms with E-state index < -0.39 is 0 Å². The first kappa shape index (κ1) is 11.6. The van der Waals surface area contributed by atoms with Crippen LogP contribution in [0.2, 0.25) is 0 Å². The van der Waals surface area contributed by atoms with E-state index in [2.05, 4.69) is 60.7 Å². The molecule has 1 aromatic heterocycles. The maximum absolute atomic E-state index is 4.30. The number of hydrogen-bond acceptors (Lipinski definition) is 4. The highest BCUT2D eigenvalue weighted by Crippen LogP contribution is 2.31. The van der Waals surface area contributed by atoms with Gasteiger partial charge in [-0.05, 0) is 13.8 Å². The van der Waals surface area contributed by atoms with Gasteiger partial charge in [0.2, 0.25) is 5.16 Å². The highest BCUT2D eigenvalue weighted by molar-refractivity contribution is 7.99. The Balaban J connectivity index is 2.02. The fourth-order valence-corrected chi connectivity index (χ4v) is 2.86. The molecule has 0 saturated carbocycles. The Morgan fingerprint density at radius 2 is 1.89 bits per heavy atom. The Morgan fingerprint density at radius 1 is 1.17 bits per heavy atom. The lowest BCUT2D eigenvalue weighted by Crippen LogP contribution is -2.37. The van der Waals surface area contributed by atoms with Gasteiger partial charge in [-0.2, -0.15) is 0 Å². The topological polar surface area (TPSA) is 42.7 Å². The monoisotopic (exact) mass is 260 g/mol. The molecule has 3 rings (SSSR count). The van der Waals surface area contributed by atoms with Crippen molar-refractivity contribution in [3.05, 3.63) is 29.8 Å². The lowest BCUT2D eigenvalue weighted by Gasteiger charge is -2.28. The van der Waals surface area contributed by atoms with Crippen molar-refractivity contribution < 1.29 is 0 Å². The zero-order valence-electron chi connectivity index (χ0n) is 10.7. The van der Waals surface area contributed by atoms with Crippen LogP contribution in [0.4, 0.5) is 0 Å². The fraction of sp³-hybridized carbons (Fsp3) is 0.385. The summed E-state index contributed by atoms with van der Waals surface area (Å²) in [6, 6.07) is 8.77. The van der Waals surface area contributed by atoms with Crippen molar-refractivity contribution in [2.45, 2.75) is 37.2 Å². The van der Waals surface area contributed by atoms with Crippen LogP contribution in [-0.4, -0.2) is 26.2 Å². The molecule has 4 nitrogen and oxygen atoms in total. The van der Waals surface area contributed by atoms with Crippen molar-refractivity contribution in [1.82, 2.24) is 14.9 Å². The number of fused-ring (bicyclic) bond motifs is 1. The second-order valence-corrected chi connectivity index (χ2v) is 6.09. The number of aryl methyl sites for hydroxylation is 1. The van der Waals surface area contributed by atoms with Crippen LogP contribution in [0, 0.1) is 6.92 Å². The van der Waals surface area contributed by atoms with Gasteiger partial charge in [-0.1, -0.05) is 48.5 Å². The lowest BCUT2D eigenvalue weighted by molar-refractivity contribution is 0.618. The first-order chi connectivity index (χ1) is 8.65. The smallest absolute Gasteiger partial charge is 0.210 e. The molecule has 0 fully saturated rings. The summed E-state index contributed by atoms with van der Waals surface area (Å²) in [5, 5.41) is 10.00. The second-order valence-electron chi connectivity index (χ2n) is 4.75. The van der Waals surface area contributed by atoms with E-state index in [1.54, 1.807) is 11.8 Å². The number of nitrogens with one attached hydrogen (secondary N) is 1. The molecule has 2 atom stereocenters.